The molecule has 1 aromatic heterocycles. The van der Waals surface area contributed by atoms with Crippen LogP contribution in [0.25, 0.3) is 0 Å². The molecule has 0 saturated heterocycles. The number of Topliss-reactive ketones (excluding diaryl/α,β-unsaturated/α-hetero) is 1. The molecule has 1 aromatic carbocycles. The van der Waals surface area contributed by atoms with Gasteiger partial charge in [0.2, 0.25) is 5.91 Å². The Morgan fingerprint density at radius 2 is 1.91 bits per heavy atom. The molecule has 0 aliphatic rings. The van der Waals surface area contributed by atoms with E-state index in [1.165, 1.54) is 25.2 Å². The van der Waals surface area contributed by atoms with E-state index in [4.69, 9.17) is 0 Å². The number of ketones is 1. The van der Waals surface area contributed by atoms with E-state index >= 15 is 0 Å². The Kier molecular flexibility index (Phi) is 5.46. The molecule has 2 aromatic rings. The summed E-state index contributed by atoms with van der Waals surface area (Å²) in [5.74, 6) is -0.142. The van der Waals surface area contributed by atoms with Gasteiger partial charge in [0.25, 0.3) is 0 Å². The maximum atomic E-state index is 11.7. The van der Waals surface area contributed by atoms with Crippen molar-refractivity contribution in [2.75, 3.05) is 11.9 Å². The van der Waals surface area contributed by atoms with Crippen molar-refractivity contribution in [2.45, 2.75) is 27.3 Å². The highest BCUT2D eigenvalue weighted by Crippen LogP contribution is 2.18. The van der Waals surface area contributed by atoms with Crippen LogP contribution in [0.4, 0.5) is 11.4 Å². The average Bonchev–Trinajstić information content (AvgIpc) is 2.78. The van der Waals surface area contributed by atoms with Crippen LogP contribution in [0.5, 0.6) is 0 Å². The number of carbonyl (C=O) groups excluding carboxylic acids is 2. The second kappa shape index (κ2) is 7.34. The minimum absolute atomic E-state index is 0.0124. The van der Waals surface area contributed by atoms with Gasteiger partial charge >= 0.3 is 0 Å². The molecule has 1 heterocycles. The summed E-state index contributed by atoms with van der Waals surface area (Å²) in [5.41, 5.74) is 2.22. The van der Waals surface area contributed by atoms with Crippen LogP contribution < -0.4 is 10.1 Å². The first-order chi connectivity index (χ1) is 10.9. The van der Waals surface area contributed by atoms with Crippen molar-refractivity contribution in [1.82, 2.24) is 4.57 Å². The van der Waals surface area contributed by atoms with Gasteiger partial charge in [0.15, 0.2) is 10.6 Å². The zero-order chi connectivity index (χ0) is 17.0. The van der Waals surface area contributed by atoms with Crippen LogP contribution in [0.3, 0.4) is 0 Å². The molecule has 0 spiro atoms. The van der Waals surface area contributed by atoms with Crippen molar-refractivity contribution in [3.8, 4) is 0 Å². The topological polar surface area (TPSA) is 83.7 Å². The summed E-state index contributed by atoms with van der Waals surface area (Å²) < 4.78 is 1.84. The van der Waals surface area contributed by atoms with Gasteiger partial charge in [-0.15, -0.1) is 0 Å². The van der Waals surface area contributed by atoms with Gasteiger partial charge in [-0.25, -0.2) is 4.99 Å². The number of carbonyl (C=O) groups is 2. The van der Waals surface area contributed by atoms with Gasteiger partial charge < -0.3 is 15.0 Å². The number of aliphatic hydroxyl groups is 1. The van der Waals surface area contributed by atoms with Crippen LogP contribution in [-0.2, 0) is 11.3 Å². The molecule has 0 unspecified atom stereocenters. The SMILES string of the molecule is CC(=O)Nc1ccc(N=c2sc(C(C)=O)c(C)n2CCO)cc1. The van der Waals surface area contributed by atoms with E-state index in [2.05, 4.69) is 10.3 Å². The number of nitrogens with one attached hydrogen (secondary N) is 1. The monoisotopic (exact) mass is 333 g/mol. The van der Waals surface area contributed by atoms with Crippen molar-refractivity contribution >= 4 is 34.4 Å². The van der Waals surface area contributed by atoms with Crippen LogP contribution in [0.1, 0.15) is 29.2 Å². The number of thiazole rings is 1. The predicted octanol–water partition coefficient (Wildman–Crippen LogP) is 2.24. The largest absolute Gasteiger partial charge is 0.395 e. The smallest absolute Gasteiger partial charge is 0.221 e. The van der Waals surface area contributed by atoms with Gasteiger partial charge in [-0.3, -0.25) is 9.59 Å². The van der Waals surface area contributed by atoms with Crippen molar-refractivity contribution in [1.29, 1.82) is 0 Å². The second-order valence-electron chi connectivity index (χ2n) is 5.07. The van der Waals surface area contributed by atoms with Gasteiger partial charge in [-0.05, 0) is 31.2 Å². The van der Waals surface area contributed by atoms with E-state index < -0.39 is 0 Å². The average molecular weight is 333 g/mol. The van der Waals surface area contributed by atoms with Crippen LogP contribution in [0, 0.1) is 6.92 Å². The summed E-state index contributed by atoms with van der Waals surface area (Å²) in [4.78, 5) is 28.6. The zero-order valence-corrected chi connectivity index (χ0v) is 14.1. The molecule has 1 amide bonds. The fourth-order valence-corrected chi connectivity index (χ4v) is 3.27. The van der Waals surface area contributed by atoms with Crippen molar-refractivity contribution < 1.29 is 14.7 Å². The minimum atomic E-state index is -0.129. The van der Waals surface area contributed by atoms with E-state index in [1.807, 2.05) is 11.5 Å². The van der Waals surface area contributed by atoms with Gasteiger partial charge in [0, 0.05) is 31.8 Å². The number of nitrogens with zero attached hydrogens (tertiary/aromatic N) is 2. The number of hydrogen-bond donors (Lipinski definition) is 2. The summed E-state index contributed by atoms with van der Waals surface area (Å²) in [6.45, 7) is 5.19. The van der Waals surface area contributed by atoms with Crippen molar-refractivity contribution in [2.24, 2.45) is 4.99 Å². The lowest BCUT2D eigenvalue weighted by atomic mass is 10.3. The fourth-order valence-electron chi connectivity index (χ4n) is 2.19. The second-order valence-corrected chi connectivity index (χ2v) is 6.05. The number of hydrogen-bond acceptors (Lipinski definition) is 5. The standard InChI is InChI=1S/C16H19N3O3S/c1-10-15(11(2)21)23-16(19(10)8-9-20)18-14-6-4-13(5-7-14)17-12(3)22/h4-7,20H,8-9H2,1-3H3,(H,17,22). The lowest BCUT2D eigenvalue weighted by molar-refractivity contribution is -0.114. The molecule has 2 N–H and O–H groups in total. The van der Waals surface area contributed by atoms with Crippen LogP contribution >= 0.6 is 11.3 Å². The third-order valence-electron chi connectivity index (χ3n) is 3.21. The Bertz CT molecular complexity index is 788. The molecule has 0 saturated carbocycles. The maximum absolute atomic E-state index is 11.7. The molecule has 0 radical (unpaired) electrons. The highest BCUT2D eigenvalue weighted by Gasteiger charge is 2.13. The normalized spacial score (nSPS) is 11.6. The first kappa shape index (κ1) is 17.1. The molecule has 23 heavy (non-hydrogen) atoms. The molecule has 7 heteroatoms. The van der Waals surface area contributed by atoms with E-state index in [9.17, 15) is 14.7 Å². The highest BCUT2D eigenvalue weighted by atomic mass is 32.1. The van der Waals surface area contributed by atoms with Crippen LogP contribution in [-0.4, -0.2) is 28.0 Å². The summed E-state index contributed by atoms with van der Waals surface area (Å²) in [6.07, 6.45) is 0. The fraction of sp³-hybridized carbons (Fsp3) is 0.312. The number of anilines is 1. The van der Waals surface area contributed by atoms with E-state index in [0.29, 0.717) is 27.6 Å². The third-order valence-corrected chi connectivity index (χ3v) is 4.49. The van der Waals surface area contributed by atoms with Crippen molar-refractivity contribution in [3.63, 3.8) is 0 Å². The lowest BCUT2D eigenvalue weighted by Crippen LogP contribution is -2.18. The molecule has 0 aliphatic carbocycles. The zero-order valence-electron chi connectivity index (χ0n) is 13.3. The summed E-state index contributed by atoms with van der Waals surface area (Å²) in [7, 11) is 0. The quantitative estimate of drug-likeness (QED) is 0.823. The summed E-state index contributed by atoms with van der Waals surface area (Å²) >= 11 is 1.31. The Labute approximate surface area is 138 Å². The first-order valence-electron chi connectivity index (χ1n) is 7.16. The maximum Gasteiger partial charge on any atom is 0.221 e. The summed E-state index contributed by atoms with van der Waals surface area (Å²) in [6, 6.07) is 7.11. The van der Waals surface area contributed by atoms with Crippen molar-refractivity contribution in [3.05, 3.63) is 39.6 Å². The number of rotatable bonds is 5. The Hall–Kier alpha value is -2.25. The van der Waals surface area contributed by atoms with Crippen LogP contribution in [0.15, 0.2) is 29.3 Å². The number of aromatic nitrogens is 1. The van der Waals surface area contributed by atoms with E-state index in [1.54, 1.807) is 24.3 Å². The van der Waals surface area contributed by atoms with Gasteiger partial charge in [-0.2, -0.15) is 0 Å². The predicted molar refractivity (Wildman–Crippen MR) is 90.1 cm³/mol. The molecule has 2 rings (SSSR count). The summed E-state index contributed by atoms with van der Waals surface area (Å²) in [5, 5.41) is 11.9. The molecule has 0 aliphatic heterocycles. The molecule has 0 bridgehead atoms. The first-order valence-corrected chi connectivity index (χ1v) is 7.98. The highest BCUT2D eigenvalue weighted by molar-refractivity contribution is 7.11. The number of amides is 1. The molecular weight excluding hydrogens is 314 g/mol. The third kappa shape index (κ3) is 4.14. The van der Waals surface area contributed by atoms with E-state index in [0.717, 1.165) is 5.69 Å². The minimum Gasteiger partial charge on any atom is -0.395 e. The molecule has 0 fully saturated rings. The number of aliphatic hydroxyl groups excluding tert-OH is 1. The molecule has 0 atom stereocenters. The Balaban J connectivity index is 2.43. The van der Waals surface area contributed by atoms with Crippen LogP contribution in [0.2, 0.25) is 0 Å². The van der Waals surface area contributed by atoms with Gasteiger partial charge in [0.1, 0.15) is 0 Å². The number of benzene rings is 1. The lowest BCUT2D eigenvalue weighted by Gasteiger charge is -2.04. The Morgan fingerprint density at radius 1 is 1.26 bits per heavy atom. The molecule has 6 nitrogen and oxygen atoms in total. The van der Waals surface area contributed by atoms with E-state index in [-0.39, 0.29) is 18.3 Å². The molecule has 122 valence electrons. The van der Waals surface area contributed by atoms with Gasteiger partial charge in [0.05, 0.1) is 17.2 Å². The molecular formula is C16H19N3O3S. The Morgan fingerprint density at radius 3 is 2.43 bits per heavy atom. The van der Waals surface area contributed by atoms with Gasteiger partial charge in [-0.1, -0.05) is 11.3 Å².